The summed E-state index contributed by atoms with van der Waals surface area (Å²) in [4.78, 5) is 12.1. The van der Waals surface area contributed by atoms with Gasteiger partial charge in [-0.25, -0.2) is 0 Å². The molecule has 0 unspecified atom stereocenters. The van der Waals surface area contributed by atoms with E-state index in [9.17, 15) is 4.79 Å². The van der Waals surface area contributed by atoms with Crippen molar-refractivity contribution in [2.75, 3.05) is 13.2 Å². The molecule has 0 spiro atoms. The summed E-state index contributed by atoms with van der Waals surface area (Å²) in [5.74, 6) is 6.20. The first-order valence-corrected chi connectivity index (χ1v) is 6.69. The van der Waals surface area contributed by atoms with Crippen molar-refractivity contribution in [3.05, 3.63) is 34.9 Å². The predicted octanol–water partition coefficient (Wildman–Crippen LogP) is 1.87. The highest BCUT2D eigenvalue weighted by atomic mass is 16.2. The van der Waals surface area contributed by atoms with E-state index in [0.29, 0.717) is 5.56 Å². The fraction of sp³-hybridized carbons (Fsp3) is 0.438. The number of carbonyl (C=O) groups is 1. The molecule has 0 aliphatic heterocycles. The molecule has 100 valence electrons. The Labute approximate surface area is 114 Å². The summed E-state index contributed by atoms with van der Waals surface area (Å²) in [7, 11) is 0. The van der Waals surface area contributed by atoms with Crippen molar-refractivity contribution in [2.45, 2.75) is 26.2 Å². The summed E-state index contributed by atoms with van der Waals surface area (Å²) in [6.45, 7) is 2.49. The lowest BCUT2D eigenvalue weighted by molar-refractivity contribution is 0.0952. The molecule has 1 aliphatic rings. The van der Waals surface area contributed by atoms with Crippen LogP contribution in [0.1, 0.15) is 40.7 Å². The maximum atomic E-state index is 12.1. The first kappa shape index (κ1) is 13.6. The van der Waals surface area contributed by atoms with Crippen LogP contribution in [0.4, 0.5) is 0 Å². The number of aryl methyl sites for hydroxylation is 1. The van der Waals surface area contributed by atoms with Crippen LogP contribution >= 0.6 is 0 Å². The zero-order chi connectivity index (χ0) is 13.7. The van der Waals surface area contributed by atoms with E-state index < -0.39 is 0 Å². The average molecular weight is 257 g/mol. The van der Waals surface area contributed by atoms with Crippen LogP contribution in [0.3, 0.4) is 0 Å². The van der Waals surface area contributed by atoms with Crippen molar-refractivity contribution in [2.24, 2.45) is 5.92 Å². The Morgan fingerprint density at radius 2 is 2.26 bits per heavy atom. The van der Waals surface area contributed by atoms with Crippen molar-refractivity contribution < 1.29 is 9.90 Å². The van der Waals surface area contributed by atoms with Crippen LogP contribution in [-0.4, -0.2) is 24.2 Å². The first-order chi connectivity index (χ1) is 9.20. The molecule has 1 aromatic rings. The van der Waals surface area contributed by atoms with Crippen LogP contribution < -0.4 is 5.32 Å². The van der Waals surface area contributed by atoms with Crippen LogP contribution in [0.15, 0.2) is 18.2 Å². The predicted molar refractivity (Wildman–Crippen MR) is 74.8 cm³/mol. The van der Waals surface area contributed by atoms with E-state index in [-0.39, 0.29) is 12.5 Å². The van der Waals surface area contributed by atoms with Gasteiger partial charge in [0, 0.05) is 17.7 Å². The molecular formula is C16H19NO2. The van der Waals surface area contributed by atoms with Gasteiger partial charge in [0.25, 0.3) is 5.91 Å². The highest BCUT2D eigenvalue weighted by Gasteiger charge is 2.20. The molecule has 0 saturated heterocycles. The highest BCUT2D eigenvalue weighted by molar-refractivity contribution is 5.96. The fourth-order valence-corrected chi connectivity index (χ4v) is 1.98. The van der Waals surface area contributed by atoms with Crippen molar-refractivity contribution in [1.29, 1.82) is 0 Å². The van der Waals surface area contributed by atoms with Crippen LogP contribution in [0, 0.1) is 24.7 Å². The second-order valence-electron chi connectivity index (χ2n) is 4.98. The monoisotopic (exact) mass is 257 g/mol. The molecule has 0 aromatic heterocycles. The Bertz CT molecular complexity index is 521. The first-order valence-electron chi connectivity index (χ1n) is 6.69. The van der Waals surface area contributed by atoms with Gasteiger partial charge in [0.15, 0.2) is 0 Å². The summed E-state index contributed by atoms with van der Waals surface area (Å²) >= 11 is 0. The number of hydrogen-bond acceptors (Lipinski definition) is 2. The number of carbonyl (C=O) groups excluding carboxylic acids is 1. The molecular weight excluding hydrogens is 238 g/mol. The van der Waals surface area contributed by atoms with E-state index >= 15 is 0 Å². The molecule has 0 atom stereocenters. The molecule has 1 amide bonds. The molecule has 1 aliphatic carbocycles. The molecule has 0 bridgehead atoms. The lowest BCUT2D eigenvalue weighted by atomic mass is 10.0. The van der Waals surface area contributed by atoms with E-state index in [4.69, 9.17) is 5.11 Å². The Kier molecular flexibility index (Phi) is 4.59. The van der Waals surface area contributed by atoms with Crippen molar-refractivity contribution in [3.63, 3.8) is 0 Å². The zero-order valence-electron chi connectivity index (χ0n) is 11.2. The van der Waals surface area contributed by atoms with Crippen molar-refractivity contribution in [3.8, 4) is 11.8 Å². The van der Waals surface area contributed by atoms with E-state index in [1.807, 2.05) is 19.1 Å². The number of nitrogens with one attached hydrogen (secondary N) is 1. The number of aliphatic hydroxyl groups is 1. The molecule has 1 aromatic carbocycles. The van der Waals surface area contributed by atoms with E-state index in [2.05, 4.69) is 17.2 Å². The molecule has 0 heterocycles. The third-order valence-electron chi connectivity index (χ3n) is 3.33. The molecule has 2 N–H and O–H groups in total. The summed E-state index contributed by atoms with van der Waals surface area (Å²) in [5, 5.41) is 11.6. The third-order valence-corrected chi connectivity index (χ3v) is 3.33. The van der Waals surface area contributed by atoms with Crippen LogP contribution in [0.2, 0.25) is 0 Å². The van der Waals surface area contributed by atoms with Gasteiger partial charge in [0.05, 0.1) is 0 Å². The summed E-state index contributed by atoms with van der Waals surface area (Å²) in [5.41, 5.74) is 2.37. The van der Waals surface area contributed by atoms with Crippen molar-refractivity contribution in [1.82, 2.24) is 5.32 Å². The summed E-state index contributed by atoms with van der Waals surface area (Å²) < 4.78 is 0. The zero-order valence-corrected chi connectivity index (χ0v) is 11.2. The minimum Gasteiger partial charge on any atom is -0.384 e. The molecule has 1 fully saturated rings. The second-order valence-corrected chi connectivity index (χ2v) is 4.98. The Morgan fingerprint density at radius 1 is 1.47 bits per heavy atom. The fourth-order valence-electron chi connectivity index (χ4n) is 1.98. The normalized spacial score (nSPS) is 13.6. The quantitative estimate of drug-likeness (QED) is 0.809. The number of benzene rings is 1. The third kappa shape index (κ3) is 4.11. The lowest BCUT2D eigenvalue weighted by Crippen LogP contribution is -2.25. The maximum Gasteiger partial charge on any atom is 0.251 e. The van der Waals surface area contributed by atoms with Gasteiger partial charge in [-0.05, 0) is 37.0 Å². The molecule has 2 rings (SSSR count). The minimum absolute atomic E-state index is 0.0363. The number of hydrogen-bond donors (Lipinski definition) is 2. The largest absolute Gasteiger partial charge is 0.384 e. The van der Waals surface area contributed by atoms with Crippen LogP contribution in [0.25, 0.3) is 0 Å². The van der Waals surface area contributed by atoms with Gasteiger partial charge in [-0.15, -0.1) is 0 Å². The smallest absolute Gasteiger partial charge is 0.251 e. The van der Waals surface area contributed by atoms with Gasteiger partial charge >= 0.3 is 0 Å². The van der Waals surface area contributed by atoms with E-state index in [0.717, 1.165) is 30.0 Å². The number of rotatable bonds is 4. The molecule has 1 saturated carbocycles. The van der Waals surface area contributed by atoms with E-state index in [1.54, 1.807) is 6.07 Å². The van der Waals surface area contributed by atoms with Gasteiger partial charge < -0.3 is 10.4 Å². The summed E-state index contributed by atoms with van der Waals surface area (Å²) in [6, 6.07) is 5.53. The lowest BCUT2D eigenvalue weighted by Gasteiger charge is -2.08. The number of amides is 1. The maximum absolute atomic E-state index is 12.1. The molecule has 3 nitrogen and oxygen atoms in total. The molecule has 19 heavy (non-hydrogen) atoms. The minimum atomic E-state index is -0.170. The summed E-state index contributed by atoms with van der Waals surface area (Å²) in [6.07, 6.45) is 3.69. The van der Waals surface area contributed by atoms with Crippen LogP contribution in [0.5, 0.6) is 0 Å². The van der Waals surface area contributed by atoms with Gasteiger partial charge in [-0.1, -0.05) is 30.7 Å². The topological polar surface area (TPSA) is 49.3 Å². The molecule has 0 radical (unpaired) electrons. The standard InChI is InChI=1S/C16H19NO2/c1-12-4-5-14(3-2-10-18)11-15(12)16(19)17-9-8-13-6-7-13/h4-5,11,13,18H,6-10H2,1H3,(H,17,19). The van der Waals surface area contributed by atoms with Gasteiger partial charge in [-0.3, -0.25) is 4.79 Å². The van der Waals surface area contributed by atoms with Gasteiger partial charge in [0.2, 0.25) is 0 Å². The molecule has 3 heteroatoms. The van der Waals surface area contributed by atoms with Crippen LogP contribution in [-0.2, 0) is 0 Å². The second kappa shape index (κ2) is 6.40. The Balaban J connectivity index is 2.01. The Hall–Kier alpha value is -1.79. The highest BCUT2D eigenvalue weighted by Crippen LogP contribution is 2.31. The van der Waals surface area contributed by atoms with E-state index in [1.165, 1.54) is 12.8 Å². The Morgan fingerprint density at radius 3 is 2.95 bits per heavy atom. The SMILES string of the molecule is Cc1ccc(C#CCO)cc1C(=O)NCCC1CC1. The van der Waals surface area contributed by atoms with Gasteiger partial charge in [0.1, 0.15) is 6.61 Å². The average Bonchev–Trinajstić information content (AvgIpc) is 3.21. The van der Waals surface area contributed by atoms with Gasteiger partial charge in [-0.2, -0.15) is 0 Å². The number of aliphatic hydroxyl groups excluding tert-OH is 1. The van der Waals surface area contributed by atoms with Crippen molar-refractivity contribution >= 4 is 5.91 Å².